The zero-order valence-electron chi connectivity index (χ0n) is 25.0. The van der Waals surface area contributed by atoms with Gasteiger partial charge in [-0.2, -0.15) is 0 Å². The maximum atomic E-state index is 14.0. The maximum absolute atomic E-state index is 14.0. The Morgan fingerprint density at radius 1 is 1.05 bits per heavy atom. The average Bonchev–Trinajstić information content (AvgIpc) is 2.96. The molecule has 5 atom stereocenters. The smallest absolute Gasteiger partial charge is 0.257 e. The van der Waals surface area contributed by atoms with Crippen LogP contribution in [-0.2, 0) is 9.59 Å². The number of hydrogen-bond acceptors (Lipinski definition) is 5. The topological polar surface area (TPSA) is 95.5 Å². The minimum absolute atomic E-state index is 0.0406. The molecule has 0 aliphatic carbocycles. The van der Waals surface area contributed by atoms with E-state index >= 15 is 0 Å². The van der Waals surface area contributed by atoms with Crippen LogP contribution in [-0.4, -0.2) is 69.2 Å². The van der Waals surface area contributed by atoms with Gasteiger partial charge in [-0.05, 0) is 62.7 Å². The second-order valence-electron chi connectivity index (χ2n) is 12.9. The zero-order valence-corrected chi connectivity index (χ0v) is 25.0. The lowest BCUT2D eigenvalue weighted by Gasteiger charge is -2.51. The van der Waals surface area contributed by atoms with E-state index in [1.54, 1.807) is 6.20 Å². The molecule has 1 aromatic carbocycles. The van der Waals surface area contributed by atoms with Gasteiger partial charge in [-0.1, -0.05) is 51.1 Å². The monoisotopic (exact) mass is 559 g/mol. The zero-order chi connectivity index (χ0) is 29.1. The van der Waals surface area contributed by atoms with Gasteiger partial charge in [0.2, 0.25) is 11.8 Å². The largest absolute Gasteiger partial charge is 0.353 e. The molecule has 3 aliphatic rings. The van der Waals surface area contributed by atoms with Crippen molar-refractivity contribution in [2.45, 2.75) is 84.7 Å². The van der Waals surface area contributed by atoms with Crippen molar-refractivity contribution >= 4 is 17.7 Å². The number of fused-ring (bicyclic) bond motifs is 4. The van der Waals surface area contributed by atoms with Crippen LogP contribution in [0.1, 0.15) is 81.9 Å². The molecule has 220 valence electrons. The summed E-state index contributed by atoms with van der Waals surface area (Å²) in [6, 6.07) is 9.99. The van der Waals surface area contributed by atoms with Crippen LogP contribution in [0.3, 0.4) is 0 Å². The Balaban J connectivity index is 1.36. The predicted octanol–water partition coefficient (Wildman–Crippen LogP) is 4.87. The predicted molar refractivity (Wildman–Crippen MR) is 159 cm³/mol. The number of carbonyl (C=O) groups excluding carboxylic acids is 3. The molecular formula is C33H45N5O3. The van der Waals surface area contributed by atoms with Gasteiger partial charge in [-0.25, -0.2) is 9.97 Å². The summed E-state index contributed by atoms with van der Waals surface area (Å²) >= 11 is 0. The van der Waals surface area contributed by atoms with Gasteiger partial charge >= 0.3 is 0 Å². The third kappa shape index (κ3) is 6.79. The van der Waals surface area contributed by atoms with Crippen LogP contribution in [0.25, 0.3) is 11.3 Å². The van der Waals surface area contributed by atoms with Gasteiger partial charge in [-0.15, -0.1) is 0 Å². The molecule has 8 heteroatoms. The quantitative estimate of drug-likeness (QED) is 0.579. The van der Waals surface area contributed by atoms with Gasteiger partial charge in [0, 0.05) is 56.3 Å². The van der Waals surface area contributed by atoms with Crippen molar-refractivity contribution < 1.29 is 14.4 Å². The van der Waals surface area contributed by atoms with Crippen molar-refractivity contribution in [2.24, 2.45) is 23.7 Å². The normalized spacial score (nSPS) is 27.8. The number of amides is 3. The fourth-order valence-corrected chi connectivity index (χ4v) is 7.09. The molecule has 1 N–H and O–H groups in total. The van der Waals surface area contributed by atoms with Crippen molar-refractivity contribution in [3.8, 4) is 11.3 Å². The number of hydrogen-bond donors (Lipinski definition) is 1. The fourth-order valence-electron chi connectivity index (χ4n) is 7.09. The molecule has 3 saturated heterocycles. The first kappa shape index (κ1) is 29.2. The molecular weight excluding hydrogens is 514 g/mol. The van der Waals surface area contributed by atoms with Crippen LogP contribution in [0.15, 0.2) is 36.5 Å². The third-order valence-corrected chi connectivity index (χ3v) is 9.31. The summed E-state index contributed by atoms with van der Waals surface area (Å²) in [5.74, 6) is 1.98. The summed E-state index contributed by atoms with van der Waals surface area (Å²) in [6.45, 7) is 10.2. The summed E-state index contributed by atoms with van der Waals surface area (Å²) in [4.78, 5) is 53.6. The first-order valence-electron chi connectivity index (χ1n) is 15.5. The summed E-state index contributed by atoms with van der Waals surface area (Å²) < 4.78 is 0. The van der Waals surface area contributed by atoms with Crippen molar-refractivity contribution in [1.29, 1.82) is 0 Å². The first-order valence-corrected chi connectivity index (χ1v) is 15.5. The highest BCUT2D eigenvalue weighted by atomic mass is 16.2. The van der Waals surface area contributed by atoms with Crippen molar-refractivity contribution in [3.63, 3.8) is 0 Å². The number of likely N-dealkylation sites (tertiary alicyclic amines) is 1. The van der Waals surface area contributed by atoms with E-state index in [0.29, 0.717) is 55.5 Å². The van der Waals surface area contributed by atoms with Crippen LogP contribution in [0.2, 0.25) is 0 Å². The second kappa shape index (κ2) is 12.7. The highest BCUT2D eigenvalue weighted by Crippen LogP contribution is 2.37. The highest BCUT2D eigenvalue weighted by Gasteiger charge is 2.44. The summed E-state index contributed by atoms with van der Waals surface area (Å²) in [6.07, 6.45) is 7.02. The minimum atomic E-state index is -0.0456. The second-order valence-corrected chi connectivity index (χ2v) is 12.9. The molecule has 2 aromatic rings. The van der Waals surface area contributed by atoms with Gasteiger partial charge in [0.1, 0.15) is 5.82 Å². The lowest BCUT2D eigenvalue weighted by atomic mass is 9.77. The molecule has 1 aromatic heterocycles. The van der Waals surface area contributed by atoms with Gasteiger partial charge < -0.3 is 15.1 Å². The minimum Gasteiger partial charge on any atom is -0.353 e. The molecule has 0 saturated carbocycles. The van der Waals surface area contributed by atoms with Crippen LogP contribution in [0, 0.1) is 30.6 Å². The molecule has 4 heterocycles. The molecule has 8 nitrogen and oxygen atoms in total. The van der Waals surface area contributed by atoms with E-state index in [1.165, 1.54) is 0 Å². The maximum Gasteiger partial charge on any atom is 0.257 e. The van der Waals surface area contributed by atoms with Crippen LogP contribution < -0.4 is 5.32 Å². The van der Waals surface area contributed by atoms with Crippen LogP contribution >= 0.6 is 0 Å². The van der Waals surface area contributed by atoms with Crippen LogP contribution in [0.5, 0.6) is 0 Å². The van der Waals surface area contributed by atoms with E-state index in [2.05, 4.69) is 41.0 Å². The van der Waals surface area contributed by atoms with Crippen LogP contribution in [0.4, 0.5) is 0 Å². The number of aryl methyl sites for hydroxylation is 1. The molecule has 2 bridgehead atoms. The van der Waals surface area contributed by atoms with E-state index in [-0.39, 0.29) is 47.6 Å². The first-order chi connectivity index (χ1) is 19.7. The van der Waals surface area contributed by atoms with Crippen molar-refractivity contribution in [1.82, 2.24) is 25.1 Å². The van der Waals surface area contributed by atoms with Gasteiger partial charge in [0.25, 0.3) is 5.91 Å². The molecule has 3 fully saturated rings. The Bertz CT molecular complexity index is 1250. The standard InChI is InChI=1S/C33H45N5O3/c1-21(2)28-14-13-22(3)15-31(40)38-19-24-16-26(29(38)11-8-12-30(39)36-28)20-37(18-24)33(41)27-17-34-23(4)35-32(27)25-9-6-5-7-10-25/h5-7,9-10,17,21-22,24,26,28-29H,8,11-16,18-20H2,1-4H3,(H,36,39)/t22-,24+,26-,28+,29+/m1/s1. The molecule has 41 heavy (non-hydrogen) atoms. The number of benzene rings is 1. The number of carbonyl (C=O) groups is 3. The number of rotatable bonds is 3. The Hall–Kier alpha value is -3.29. The molecule has 0 unspecified atom stereocenters. The third-order valence-electron chi connectivity index (χ3n) is 9.31. The fraction of sp³-hybridized carbons (Fsp3) is 0.606. The lowest BCUT2D eigenvalue weighted by molar-refractivity contribution is -0.141. The van der Waals surface area contributed by atoms with E-state index in [0.717, 1.165) is 37.7 Å². The highest BCUT2D eigenvalue weighted by molar-refractivity contribution is 5.99. The lowest BCUT2D eigenvalue weighted by Crippen LogP contribution is -2.60. The molecule has 0 spiro atoms. The SMILES string of the molecule is Cc1ncc(C(=O)N2C[C@@H]3C[C@H](C2)[C@@H]2CCCC(=O)N[C@H](C(C)C)CC[C@@H](C)CC(=O)N2C3)c(-c2ccccc2)n1. The van der Waals surface area contributed by atoms with E-state index in [9.17, 15) is 14.4 Å². The summed E-state index contributed by atoms with van der Waals surface area (Å²) in [5, 5.41) is 3.26. The van der Waals surface area contributed by atoms with Gasteiger partial charge in [0.15, 0.2) is 0 Å². The average molecular weight is 560 g/mol. The number of nitrogens with one attached hydrogen (secondary N) is 1. The van der Waals surface area contributed by atoms with Gasteiger partial charge in [0.05, 0.1) is 11.3 Å². The van der Waals surface area contributed by atoms with Crippen molar-refractivity contribution in [2.75, 3.05) is 19.6 Å². The van der Waals surface area contributed by atoms with E-state index in [1.807, 2.05) is 42.2 Å². The Labute approximate surface area is 244 Å². The molecule has 0 radical (unpaired) electrons. The number of nitrogens with zero attached hydrogens (tertiary/aromatic N) is 4. The number of aromatic nitrogens is 2. The van der Waals surface area contributed by atoms with Crippen molar-refractivity contribution in [3.05, 3.63) is 47.9 Å². The Kier molecular flexibility index (Phi) is 9.05. The molecule has 3 aliphatic heterocycles. The summed E-state index contributed by atoms with van der Waals surface area (Å²) in [7, 11) is 0. The molecule has 3 amide bonds. The van der Waals surface area contributed by atoms with Gasteiger partial charge in [-0.3, -0.25) is 14.4 Å². The van der Waals surface area contributed by atoms with E-state index in [4.69, 9.17) is 0 Å². The summed E-state index contributed by atoms with van der Waals surface area (Å²) in [5.41, 5.74) is 2.09. The molecule has 5 rings (SSSR count). The number of piperidine rings is 2. The Morgan fingerprint density at radius 3 is 2.59 bits per heavy atom. The Morgan fingerprint density at radius 2 is 1.83 bits per heavy atom. The van der Waals surface area contributed by atoms with E-state index < -0.39 is 0 Å².